The van der Waals surface area contributed by atoms with Crippen LogP contribution in [0.25, 0.3) is 10.4 Å². The highest BCUT2D eigenvalue weighted by molar-refractivity contribution is 7.17. The molecule has 7 heteroatoms. The lowest BCUT2D eigenvalue weighted by Gasteiger charge is -2.18. The zero-order chi connectivity index (χ0) is 19.5. The number of carbonyl (C=O) groups is 2. The highest BCUT2D eigenvalue weighted by Crippen LogP contribution is 2.37. The minimum Gasteiger partial charge on any atom is -0.486 e. The van der Waals surface area contributed by atoms with Gasteiger partial charge in [-0.1, -0.05) is 0 Å². The number of nitrogens with one attached hydrogen (secondary N) is 2. The Hall–Kier alpha value is -3.32. The first-order chi connectivity index (χ1) is 13.6. The fourth-order valence-corrected chi connectivity index (χ4v) is 3.75. The molecule has 1 aliphatic rings. The van der Waals surface area contributed by atoms with Crippen molar-refractivity contribution in [1.82, 2.24) is 5.32 Å². The summed E-state index contributed by atoms with van der Waals surface area (Å²) in [5.41, 5.74) is 2.15. The lowest BCUT2D eigenvalue weighted by Crippen LogP contribution is -2.17. The van der Waals surface area contributed by atoms with Crippen molar-refractivity contribution in [2.45, 2.75) is 0 Å². The number of fused-ring (bicyclic) bond motifs is 1. The summed E-state index contributed by atoms with van der Waals surface area (Å²) in [6, 6.07) is 16.2. The Morgan fingerprint density at radius 3 is 2.39 bits per heavy atom. The summed E-state index contributed by atoms with van der Waals surface area (Å²) in [7, 11) is 1.58. The molecule has 4 rings (SSSR count). The van der Waals surface area contributed by atoms with Crippen LogP contribution in [0.3, 0.4) is 0 Å². The second-order valence-electron chi connectivity index (χ2n) is 6.13. The normalized spacial score (nSPS) is 12.3. The van der Waals surface area contributed by atoms with E-state index in [9.17, 15) is 9.59 Å². The van der Waals surface area contributed by atoms with Gasteiger partial charge in [0.1, 0.15) is 13.2 Å². The van der Waals surface area contributed by atoms with Crippen LogP contribution in [-0.4, -0.2) is 32.1 Å². The zero-order valence-electron chi connectivity index (χ0n) is 15.2. The van der Waals surface area contributed by atoms with Crippen molar-refractivity contribution >= 4 is 28.8 Å². The molecule has 28 heavy (non-hydrogen) atoms. The molecule has 0 aliphatic carbocycles. The fourth-order valence-electron chi connectivity index (χ4n) is 2.85. The van der Waals surface area contributed by atoms with Gasteiger partial charge in [-0.3, -0.25) is 9.59 Å². The molecule has 0 unspecified atom stereocenters. The van der Waals surface area contributed by atoms with Gasteiger partial charge in [-0.25, -0.2) is 0 Å². The number of ether oxygens (including phenoxy) is 2. The lowest BCUT2D eigenvalue weighted by atomic mass is 10.1. The first-order valence-electron chi connectivity index (χ1n) is 8.77. The summed E-state index contributed by atoms with van der Waals surface area (Å²) < 4.78 is 11.2. The van der Waals surface area contributed by atoms with E-state index in [4.69, 9.17) is 9.47 Å². The number of benzene rings is 2. The summed E-state index contributed by atoms with van der Waals surface area (Å²) >= 11 is 1.40. The third kappa shape index (κ3) is 3.70. The molecule has 0 saturated heterocycles. The van der Waals surface area contributed by atoms with Gasteiger partial charge >= 0.3 is 0 Å². The molecule has 1 aromatic heterocycles. The summed E-state index contributed by atoms with van der Waals surface area (Å²) in [5, 5.41) is 5.42. The first-order valence-corrected chi connectivity index (χ1v) is 9.59. The molecule has 142 valence electrons. The van der Waals surface area contributed by atoms with E-state index >= 15 is 0 Å². The Morgan fingerprint density at radius 1 is 0.893 bits per heavy atom. The lowest BCUT2D eigenvalue weighted by molar-refractivity contribution is 0.0962. The van der Waals surface area contributed by atoms with E-state index in [0.29, 0.717) is 29.3 Å². The summed E-state index contributed by atoms with van der Waals surface area (Å²) in [6.07, 6.45) is 0. The van der Waals surface area contributed by atoms with Crippen molar-refractivity contribution in [1.29, 1.82) is 0 Å². The molecule has 6 nitrogen and oxygen atoms in total. The van der Waals surface area contributed by atoms with Crippen molar-refractivity contribution in [2.75, 3.05) is 25.6 Å². The van der Waals surface area contributed by atoms with Crippen LogP contribution in [0.4, 0.5) is 5.69 Å². The Labute approximate surface area is 166 Å². The Morgan fingerprint density at radius 2 is 1.64 bits per heavy atom. The van der Waals surface area contributed by atoms with E-state index < -0.39 is 0 Å². The monoisotopic (exact) mass is 394 g/mol. The number of hydrogen-bond acceptors (Lipinski definition) is 5. The van der Waals surface area contributed by atoms with Crippen LogP contribution in [-0.2, 0) is 0 Å². The van der Waals surface area contributed by atoms with Gasteiger partial charge in [0, 0.05) is 23.2 Å². The Bertz CT molecular complexity index is 1030. The van der Waals surface area contributed by atoms with E-state index in [-0.39, 0.29) is 11.8 Å². The third-order valence-electron chi connectivity index (χ3n) is 4.29. The molecule has 2 heterocycles. The van der Waals surface area contributed by atoms with Crippen LogP contribution in [0.15, 0.2) is 54.6 Å². The highest BCUT2D eigenvalue weighted by atomic mass is 32.1. The maximum absolute atomic E-state index is 12.5. The van der Waals surface area contributed by atoms with Crippen molar-refractivity contribution in [3.05, 3.63) is 65.0 Å². The number of carbonyl (C=O) groups excluding carboxylic acids is 2. The molecule has 2 amide bonds. The van der Waals surface area contributed by atoms with E-state index in [1.165, 1.54) is 11.3 Å². The maximum Gasteiger partial charge on any atom is 0.265 e. The predicted octanol–water partition coefficient (Wildman–Crippen LogP) is 3.80. The number of rotatable bonds is 4. The minimum absolute atomic E-state index is 0.166. The maximum atomic E-state index is 12.5. The third-order valence-corrected chi connectivity index (χ3v) is 5.42. The van der Waals surface area contributed by atoms with Crippen molar-refractivity contribution in [2.24, 2.45) is 0 Å². The van der Waals surface area contributed by atoms with Crippen LogP contribution >= 0.6 is 11.3 Å². The quantitative estimate of drug-likeness (QED) is 0.706. The Balaban J connectivity index is 1.48. The van der Waals surface area contributed by atoms with Gasteiger partial charge < -0.3 is 20.1 Å². The molecule has 0 spiro atoms. The topological polar surface area (TPSA) is 76.7 Å². The number of anilines is 1. The Kier molecular flexibility index (Phi) is 4.99. The molecule has 0 fully saturated rings. The summed E-state index contributed by atoms with van der Waals surface area (Å²) in [4.78, 5) is 25.7. The van der Waals surface area contributed by atoms with Crippen molar-refractivity contribution < 1.29 is 19.1 Å². The van der Waals surface area contributed by atoms with Gasteiger partial charge in [0.2, 0.25) is 0 Å². The van der Waals surface area contributed by atoms with Crippen molar-refractivity contribution in [3.8, 4) is 21.9 Å². The molecular formula is C21H18N2O4S. The van der Waals surface area contributed by atoms with Crippen LogP contribution in [0.2, 0.25) is 0 Å². The number of thiophene rings is 1. The van der Waals surface area contributed by atoms with Crippen LogP contribution in [0.1, 0.15) is 20.0 Å². The number of hydrogen-bond donors (Lipinski definition) is 2. The second-order valence-corrected chi connectivity index (χ2v) is 7.22. The second kappa shape index (κ2) is 7.74. The van der Waals surface area contributed by atoms with Crippen LogP contribution < -0.4 is 20.1 Å². The smallest absolute Gasteiger partial charge is 0.265 e. The average molecular weight is 394 g/mol. The molecular weight excluding hydrogens is 376 g/mol. The van der Waals surface area contributed by atoms with Gasteiger partial charge in [0.05, 0.1) is 4.88 Å². The molecule has 2 aromatic carbocycles. The first kappa shape index (κ1) is 18.1. The minimum atomic E-state index is -0.193. The highest BCUT2D eigenvalue weighted by Gasteiger charge is 2.15. The molecule has 0 bridgehead atoms. The molecule has 2 N–H and O–H groups in total. The van der Waals surface area contributed by atoms with Crippen molar-refractivity contribution in [3.63, 3.8) is 0 Å². The van der Waals surface area contributed by atoms with Gasteiger partial charge in [0.15, 0.2) is 11.5 Å². The van der Waals surface area contributed by atoms with E-state index in [1.54, 1.807) is 37.4 Å². The molecule has 0 atom stereocenters. The van der Waals surface area contributed by atoms with Crippen LogP contribution in [0.5, 0.6) is 11.5 Å². The van der Waals surface area contributed by atoms with Gasteiger partial charge in [-0.15, -0.1) is 11.3 Å². The zero-order valence-corrected chi connectivity index (χ0v) is 16.0. The van der Waals surface area contributed by atoms with Gasteiger partial charge in [-0.2, -0.15) is 0 Å². The molecule has 3 aromatic rings. The average Bonchev–Trinajstić information content (AvgIpc) is 3.24. The van der Waals surface area contributed by atoms with Gasteiger partial charge in [-0.05, 0) is 60.2 Å². The number of amides is 2. The standard InChI is InChI=1S/C21H18N2O4S/c1-22-20(24)13-2-5-15(6-3-13)23-21(25)19-9-8-18(28-19)14-4-7-16-17(12-14)27-11-10-26-16/h2-9,12H,10-11H2,1H3,(H,22,24)(H,23,25). The largest absolute Gasteiger partial charge is 0.486 e. The van der Waals surface area contributed by atoms with E-state index in [0.717, 1.165) is 21.9 Å². The molecule has 0 radical (unpaired) electrons. The fraction of sp³-hybridized carbons (Fsp3) is 0.143. The van der Waals surface area contributed by atoms with E-state index in [1.807, 2.05) is 24.3 Å². The molecule has 1 aliphatic heterocycles. The summed E-state index contributed by atoms with van der Waals surface area (Å²) in [5.74, 6) is 1.10. The SMILES string of the molecule is CNC(=O)c1ccc(NC(=O)c2ccc(-c3ccc4c(c3)OCCO4)s2)cc1. The molecule has 0 saturated carbocycles. The predicted molar refractivity (Wildman–Crippen MR) is 109 cm³/mol. The summed E-state index contributed by atoms with van der Waals surface area (Å²) in [6.45, 7) is 1.09. The van der Waals surface area contributed by atoms with Crippen LogP contribution in [0, 0.1) is 0 Å². The van der Waals surface area contributed by atoms with Gasteiger partial charge in [0.25, 0.3) is 11.8 Å². The van der Waals surface area contributed by atoms with E-state index in [2.05, 4.69) is 10.6 Å².